The molecule has 0 atom stereocenters. The number of hydrogen-bond donors (Lipinski definition) is 3. The van der Waals surface area contributed by atoms with Gasteiger partial charge < -0.3 is 21.3 Å². The number of hydrogen-bond acceptors (Lipinski definition) is 5. The molecule has 94 valence electrons. The number of carbonyl (C=O) groups is 1. The van der Waals surface area contributed by atoms with E-state index in [0.29, 0.717) is 34.9 Å². The Hall–Kier alpha value is -2.50. The molecule has 0 saturated heterocycles. The van der Waals surface area contributed by atoms with E-state index in [2.05, 4.69) is 10.5 Å². The summed E-state index contributed by atoms with van der Waals surface area (Å²) >= 11 is 0. The third-order valence-electron chi connectivity index (χ3n) is 2.35. The fourth-order valence-electron chi connectivity index (χ4n) is 1.58. The van der Waals surface area contributed by atoms with Crippen LogP contribution in [0.25, 0.3) is 0 Å². The molecule has 0 aliphatic heterocycles. The number of nitrogens with two attached hydrogens (primary N) is 2. The van der Waals surface area contributed by atoms with Gasteiger partial charge >= 0.3 is 0 Å². The molecule has 1 aromatic carbocycles. The average molecular weight is 246 g/mol. The number of rotatable bonds is 3. The van der Waals surface area contributed by atoms with Crippen molar-refractivity contribution < 1.29 is 9.32 Å². The van der Waals surface area contributed by atoms with Crippen molar-refractivity contribution in [2.75, 3.05) is 11.5 Å². The van der Waals surface area contributed by atoms with Crippen LogP contribution in [-0.4, -0.2) is 11.1 Å². The highest BCUT2D eigenvalue weighted by Crippen LogP contribution is 2.13. The number of aryl methyl sites for hydroxylation is 1. The molecule has 2 rings (SSSR count). The second-order valence-electron chi connectivity index (χ2n) is 4.00. The Morgan fingerprint density at radius 2 is 1.94 bits per heavy atom. The van der Waals surface area contributed by atoms with Crippen LogP contribution in [0.4, 0.5) is 11.4 Å². The Balaban J connectivity index is 2.03. The molecule has 0 fully saturated rings. The summed E-state index contributed by atoms with van der Waals surface area (Å²) in [5, 5.41) is 6.49. The van der Waals surface area contributed by atoms with Crippen molar-refractivity contribution in [2.24, 2.45) is 0 Å². The Bertz CT molecular complexity index is 557. The molecule has 0 spiro atoms. The molecule has 5 N–H and O–H groups in total. The number of anilines is 2. The average Bonchev–Trinajstić information content (AvgIpc) is 2.70. The number of amides is 1. The first-order valence-corrected chi connectivity index (χ1v) is 5.41. The third-order valence-corrected chi connectivity index (χ3v) is 2.35. The zero-order valence-electron chi connectivity index (χ0n) is 9.93. The molecule has 1 aromatic heterocycles. The van der Waals surface area contributed by atoms with Crippen molar-refractivity contribution in [1.29, 1.82) is 0 Å². The van der Waals surface area contributed by atoms with Crippen molar-refractivity contribution in [2.45, 2.75) is 13.5 Å². The van der Waals surface area contributed by atoms with Crippen molar-refractivity contribution in [3.63, 3.8) is 0 Å². The Labute approximate surface area is 104 Å². The maximum absolute atomic E-state index is 11.8. The Kier molecular flexibility index (Phi) is 3.18. The maximum atomic E-state index is 11.8. The van der Waals surface area contributed by atoms with Gasteiger partial charge in [0.05, 0.1) is 6.54 Å². The van der Waals surface area contributed by atoms with Crippen LogP contribution in [0.1, 0.15) is 21.8 Å². The minimum atomic E-state index is -0.255. The molecule has 1 heterocycles. The molecular formula is C12H14N4O2. The van der Waals surface area contributed by atoms with Gasteiger partial charge in [-0.2, -0.15) is 0 Å². The topological polar surface area (TPSA) is 107 Å². The molecule has 18 heavy (non-hydrogen) atoms. The van der Waals surface area contributed by atoms with Crippen LogP contribution in [0, 0.1) is 6.92 Å². The maximum Gasteiger partial charge on any atom is 0.251 e. The van der Waals surface area contributed by atoms with E-state index in [0.717, 1.165) is 0 Å². The van der Waals surface area contributed by atoms with Crippen LogP contribution in [0.5, 0.6) is 0 Å². The van der Waals surface area contributed by atoms with Gasteiger partial charge in [0.2, 0.25) is 0 Å². The molecule has 0 aliphatic rings. The number of aromatic nitrogens is 1. The number of nitrogen functional groups attached to an aromatic ring is 2. The highest BCUT2D eigenvalue weighted by molar-refractivity contribution is 5.96. The van der Waals surface area contributed by atoms with Crippen molar-refractivity contribution in [1.82, 2.24) is 10.5 Å². The fourth-order valence-corrected chi connectivity index (χ4v) is 1.58. The Morgan fingerprint density at radius 3 is 2.50 bits per heavy atom. The van der Waals surface area contributed by atoms with E-state index >= 15 is 0 Å². The number of nitrogens with zero attached hydrogens (tertiary/aromatic N) is 1. The summed E-state index contributed by atoms with van der Waals surface area (Å²) < 4.78 is 4.90. The summed E-state index contributed by atoms with van der Waals surface area (Å²) in [6.45, 7) is 2.09. The van der Waals surface area contributed by atoms with Gasteiger partial charge in [0, 0.05) is 23.0 Å². The van der Waals surface area contributed by atoms with Crippen LogP contribution in [0.15, 0.2) is 28.8 Å². The second-order valence-corrected chi connectivity index (χ2v) is 4.00. The van der Waals surface area contributed by atoms with Gasteiger partial charge in [-0.1, -0.05) is 5.16 Å². The quantitative estimate of drug-likeness (QED) is 0.702. The van der Waals surface area contributed by atoms with Gasteiger partial charge in [-0.05, 0) is 25.1 Å². The predicted octanol–water partition coefficient (Wildman–Crippen LogP) is 1.08. The molecule has 6 heteroatoms. The number of nitrogens with one attached hydrogen (secondary N) is 1. The summed E-state index contributed by atoms with van der Waals surface area (Å²) in [7, 11) is 0. The second kappa shape index (κ2) is 4.79. The highest BCUT2D eigenvalue weighted by atomic mass is 16.5. The number of carbonyl (C=O) groups excluding carboxylic acids is 1. The summed E-state index contributed by atoms with van der Waals surface area (Å²) in [6.07, 6.45) is 0. The molecule has 0 saturated carbocycles. The predicted molar refractivity (Wildman–Crippen MR) is 67.7 cm³/mol. The van der Waals surface area contributed by atoms with E-state index in [1.807, 2.05) is 0 Å². The van der Waals surface area contributed by atoms with E-state index in [1.54, 1.807) is 31.2 Å². The molecule has 0 radical (unpaired) electrons. The lowest BCUT2D eigenvalue weighted by atomic mass is 10.1. The number of benzene rings is 1. The smallest absolute Gasteiger partial charge is 0.251 e. The largest absolute Gasteiger partial charge is 0.399 e. The van der Waals surface area contributed by atoms with Crippen molar-refractivity contribution in [3.05, 3.63) is 41.3 Å². The molecule has 2 aromatic rings. The van der Waals surface area contributed by atoms with E-state index in [-0.39, 0.29) is 5.91 Å². The van der Waals surface area contributed by atoms with E-state index in [9.17, 15) is 4.79 Å². The Morgan fingerprint density at radius 1 is 1.28 bits per heavy atom. The van der Waals surface area contributed by atoms with E-state index in [4.69, 9.17) is 16.0 Å². The summed E-state index contributed by atoms with van der Waals surface area (Å²) in [4.78, 5) is 11.8. The van der Waals surface area contributed by atoms with Gasteiger partial charge in [-0.15, -0.1) is 0 Å². The summed E-state index contributed by atoms with van der Waals surface area (Å²) in [5.41, 5.74) is 13.2. The van der Waals surface area contributed by atoms with Gasteiger partial charge in [0.1, 0.15) is 11.5 Å². The van der Waals surface area contributed by atoms with Gasteiger partial charge in [0.25, 0.3) is 5.91 Å². The lowest BCUT2D eigenvalue weighted by Crippen LogP contribution is -2.23. The lowest BCUT2D eigenvalue weighted by molar-refractivity contribution is 0.0950. The molecular weight excluding hydrogens is 232 g/mol. The molecule has 0 unspecified atom stereocenters. The van der Waals surface area contributed by atoms with Crippen LogP contribution in [0.2, 0.25) is 0 Å². The van der Waals surface area contributed by atoms with Gasteiger partial charge in [0.15, 0.2) is 0 Å². The first-order chi connectivity index (χ1) is 8.54. The normalized spacial score (nSPS) is 10.3. The van der Waals surface area contributed by atoms with Crippen LogP contribution in [0.3, 0.4) is 0 Å². The summed E-state index contributed by atoms with van der Waals surface area (Å²) in [6, 6.07) is 6.49. The van der Waals surface area contributed by atoms with Crippen LogP contribution >= 0.6 is 0 Å². The summed E-state index contributed by atoms with van der Waals surface area (Å²) in [5.74, 6) is 0.446. The molecule has 0 bridgehead atoms. The van der Waals surface area contributed by atoms with E-state index < -0.39 is 0 Å². The first kappa shape index (κ1) is 12.0. The first-order valence-electron chi connectivity index (χ1n) is 5.41. The molecule has 1 amide bonds. The zero-order chi connectivity index (χ0) is 13.1. The minimum Gasteiger partial charge on any atom is -0.399 e. The minimum absolute atomic E-state index is 0.255. The monoisotopic (exact) mass is 246 g/mol. The molecule has 0 aliphatic carbocycles. The standard InChI is InChI=1S/C12H14N4O2/c1-7-2-11(16-18-7)6-15-12(17)8-3-9(13)5-10(14)4-8/h2-5H,6,13-14H2,1H3,(H,15,17). The highest BCUT2D eigenvalue weighted by Gasteiger charge is 2.08. The third kappa shape index (κ3) is 2.79. The SMILES string of the molecule is Cc1cc(CNC(=O)c2cc(N)cc(N)c2)no1. The van der Waals surface area contributed by atoms with Gasteiger partial charge in [-0.25, -0.2) is 0 Å². The zero-order valence-corrected chi connectivity index (χ0v) is 9.93. The molecule has 6 nitrogen and oxygen atoms in total. The van der Waals surface area contributed by atoms with Crippen molar-refractivity contribution >= 4 is 17.3 Å². The van der Waals surface area contributed by atoms with Crippen molar-refractivity contribution in [3.8, 4) is 0 Å². The lowest BCUT2D eigenvalue weighted by Gasteiger charge is -2.05. The van der Waals surface area contributed by atoms with Crippen LogP contribution in [-0.2, 0) is 6.54 Å². The van der Waals surface area contributed by atoms with E-state index in [1.165, 1.54) is 0 Å². The fraction of sp³-hybridized carbons (Fsp3) is 0.167. The van der Waals surface area contributed by atoms with Crippen LogP contribution < -0.4 is 16.8 Å². The van der Waals surface area contributed by atoms with Gasteiger partial charge in [-0.3, -0.25) is 4.79 Å².